The highest BCUT2D eigenvalue weighted by Crippen LogP contribution is 2.09. The maximum absolute atomic E-state index is 10.1. The summed E-state index contributed by atoms with van der Waals surface area (Å²) >= 11 is 0. The first kappa shape index (κ1) is 11.6. The molecular weight excluding hydrogens is 200 g/mol. The van der Waals surface area contributed by atoms with Gasteiger partial charge in [-0.3, -0.25) is 4.90 Å². The first-order chi connectivity index (χ1) is 7.75. The Kier molecular flexibility index (Phi) is 3.93. The summed E-state index contributed by atoms with van der Waals surface area (Å²) in [6, 6.07) is 10.9. The number of piperazine rings is 1. The average Bonchev–Trinajstić information content (AvgIpc) is 2.31. The molecule has 0 amide bonds. The largest absolute Gasteiger partial charge is 0.378 e. The molecule has 1 heterocycles. The minimum atomic E-state index is -0.357. The molecule has 0 spiro atoms. The van der Waals surface area contributed by atoms with Gasteiger partial charge in [-0.2, -0.15) is 0 Å². The molecule has 2 rings (SSSR count). The van der Waals surface area contributed by atoms with Crippen molar-refractivity contribution in [3.05, 3.63) is 35.9 Å². The molecule has 1 atom stereocenters. The zero-order valence-electron chi connectivity index (χ0n) is 9.76. The van der Waals surface area contributed by atoms with Gasteiger partial charge in [-0.25, -0.2) is 0 Å². The first-order valence-electron chi connectivity index (χ1n) is 5.81. The van der Waals surface area contributed by atoms with Gasteiger partial charge in [-0.1, -0.05) is 24.3 Å². The van der Waals surface area contributed by atoms with Crippen molar-refractivity contribution in [3.8, 4) is 0 Å². The quantitative estimate of drug-likeness (QED) is 0.806. The van der Waals surface area contributed by atoms with Gasteiger partial charge in [-0.05, 0) is 18.7 Å². The number of aliphatic hydroxyl groups excluding tert-OH is 1. The van der Waals surface area contributed by atoms with E-state index < -0.39 is 0 Å². The topological polar surface area (TPSA) is 26.7 Å². The predicted octanol–water partition coefficient (Wildman–Crippen LogP) is 0.595. The van der Waals surface area contributed by atoms with Gasteiger partial charge in [-0.15, -0.1) is 0 Å². The van der Waals surface area contributed by atoms with E-state index in [-0.39, 0.29) is 6.23 Å². The van der Waals surface area contributed by atoms with Crippen LogP contribution in [0.5, 0.6) is 0 Å². The molecule has 3 heteroatoms. The monoisotopic (exact) mass is 219 g/mol. The number of aliphatic hydroxyl groups is 1. The third-order valence-corrected chi connectivity index (χ3v) is 3.15. The summed E-state index contributed by atoms with van der Waals surface area (Å²) in [5.41, 5.74) is 1.15. The van der Waals surface area contributed by atoms with Crippen LogP contribution >= 0.6 is 0 Å². The summed E-state index contributed by atoms with van der Waals surface area (Å²) in [4.78, 5) is 4.44. The standard InChI is InChI=1S/C13H19N2O/c1-14-7-9-15(10-8-14)13(16)11-12-5-3-2-4-6-12/h2-3,5-6,13,16H,7-11H2,1H3. The Balaban J connectivity index is 1.86. The van der Waals surface area contributed by atoms with Gasteiger partial charge in [0.1, 0.15) is 6.23 Å². The number of hydrogen-bond acceptors (Lipinski definition) is 3. The van der Waals surface area contributed by atoms with Crippen LogP contribution in [0.15, 0.2) is 24.3 Å². The van der Waals surface area contributed by atoms with Gasteiger partial charge in [0.2, 0.25) is 0 Å². The normalized spacial score (nSPS) is 20.9. The lowest BCUT2D eigenvalue weighted by Gasteiger charge is -2.35. The Hall–Kier alpha value is -0.900. The smallest absolute Gasteiger partial charge is 0.111 e. The molecule has 1 aromatic rings. The van der Waals surface area contributed by atoms with Gasteiger partial charge in [0.05, 0.1) is 0 Å². The minimum absolute atomic E-state index is 0.357. The average molecular weight is 219 g/mol. The molecule has 3 nitrogen and oxygen atoms in total. The number of hydrogen-bond donors (Lipinski definition) is 1. The molecule has 87 valence electrons. The minimum Gasteiger partial charge on any atom is -0.378 e. The van der Waals surface area contributed by atoms with Crippen molar-refractivity contribution in [1.82, 2.24) is 9.80 Å². The van der Waals surface area contributed by atoms with E-state index in [1.165, 1.54) is 0 Å². The number of benzene rings is 1. The molecule has 0 aliphatic carbocycles. The Morgan fingerprint density at radius 3 is 2.75 bits per heavy atom. The summed E-state index contributed by atoms with van der Waals surface area (Å²) in [7, 11) is 2.12. The third-order valence-electron chi connectivity index (χ3n) is 3.15. The number of nitrogens with zero attached hydrogens (tertiary/aromatic N) is 2. The molecule has 1 aliphatic heterocycles. The Bertz CT molecular complexity index is 307. The first-order valence-corrected chi connectivity index (χ1v) is 5.81. The van der Waals surface area contributed by atoms with E-state index >= 15 is 0 Å². The summed E-state index contributed by atoms with van der Waals surface area (Å²) in [6.45, 7) is 3.98. The van der Waals surface area contributed by atoms with Crippen molar-refractivity contribution in [2.24, 2.45) is 0 Å². The summed E-state index contributed by atoms with van der Waals surface area (Å²) < 4.78 is 0. The Labute approximate surface area is 97.3 Å². The van der Waals surface area contributed by atoms with E-state index in [2.05, 4.69) is 22.9 Å². The van der Waals surface area contributed by atoms with E-state index in [0.717, 1.165) is 31.7 Å². The molecule has 1 aromatic carbocycles. The SMILES string of the molecule is CN1CCN(C(O)Cc2c[c]ccc2)CC1. The van der Waals surface area contributed by atoms with E-state index in [1.807, 2.05) is 24.3 Å². The molecule has 1 radical (unpaired) electrons. The lowest BCUT2D eigenvalue weighted by molar-refractivity contribution is -0.0203. The van der Waals surface area contributed by atoms with Gasteiger partial charge >= 0.3 is 0 Å². The van der Waals surface area contributed by atoms with E-state index in [1.54, 1.807) is 0 Å². The van der Waals surface area contributed by atoms with E-state index in [0.29, 0.717) is 6.42 Å². The Morgan fingerprint density at radius 1 is 1.38 bits per heavy atom. The molecule has 1 saturated heterocycles. The van der Waals surface area contributed by atoms with Gasteiger partial charge in [0, 0.05) is 32.6 Å². The van der Waals surface area contributed by atoms with Crippen LogP contribution in [-0.2, 0) is 6.42 Å². The van der Waals surface area contributed by atoms with E-state index in [9.17, 15) is 5.11 Å². The van der Waals surface area contributed by atoms with Crippen LogP contribution in [0.2, 0.25) is 0 Å². The molecule has 1 unspecified atom stereocenters. The highest BCUT2D eigenvalue weighted by atomic mass is 16.3. The van der Waals surface area contributed by atoms with Crippen molar-refractivity contribution in [1.29, 1.82) is 0 Å². The van der Waals surface area contributed by atoms with Crippen LogP contribution < -0.4 is 0 Å². The summed E-state index contributed by atoms with van der Waals surface area (Å²) in [5, 5.41) is 10.1. The number of likely N-dealkylation sites (N-methyl/N-ethyl adjacent to an activating group) is 1. The highest BCUT2D eigenvalue weighted by molar-refractivity contribution is 5.14. The van der Waals surface area contributed by atoms with Crippen molar-refractivity contribution in [2.45, 2.75) is 12.6 Å². The zero-order chi connectivity index (χ0) is 11.4. The van der Waals surface area contributed by atoms with Crippen molar-refractivity contribution in [2.75, 3.05) is 33.2 Å². The van der Waals surface area contributed by atoms with Gasteiger partial charge in [0.15, 0.2) is 0 Å². The summed E-state index contributed by atoms with van der Waals surface area (Å²) in [5.74, 6) is 0. The lowest BCUT2D eigenvalue weighted by Crippen LogP contribution is -2.49. The molecule has 0 bridgehead atoms. The Morgan fingerprint density at radius 2 is 2.12 bits per heavy atom. The van der Waals surface area contributed by atoms with Crippen LogP contribution in [0.3, 0.4) is 0 Å². The molecular formula is C13H19N2O. The fourth-order valence-corrected chi connectivity index (χ4v) is 2.02. The van der Waals surface area contributed by atoms with Crippen LogP contribution in [0.1, 0.15) is 5.56 Å². The lowest BCUT2D eigenvalue weighted by atomic mass is 10.1. The van der Waals surface area contributed by atoms with Crippen LogP contribution in [-0.4, -0.2) is 54.4 Å². The summed E-state index contributed by atoms with van der Waals surface area (Å²) in [6.07, 6.45) is 0.339. The molecule has 0 saturated carbocycles. The molecule has 0 aromatic heterocycles. The van der Waals surface area contributed by atoms with Gasteiger partial charge in [0.25, 0.3) is 0 Å². The van der Waals surface area contributed by atoms with Crippen molar-refractivity contribution in [3.63, 3.8) is 0 Å². The molecule has 1 fully saturated rings. The second-order valence-electron chi connectivity index (χ2n) is 4.44. The maximum atomic E-state index is 10.1. The van der Waals surface area contributed by atoms with Crippen molar-refractivity contribution < 1.29 is 5.11 Å². The highest BCUT2D eigenvalue weighted by Gasteiger charge is 2.20. The second kappa shape index (κ2) is 5.43. The van der Waals surface area contributed by atoms with Crippen LogP contribution in [0.4, 0.5) is 0 Å². The molecule has 1 N–H and O–H groups in total. The molecule has 1 aliphatic rings. The third kappa shape index (κ3) is 3.04. The second-order valence-corrected chi connectivity index (χ2v) is 4.44. The van der Waals surface area contributed by atoms with Crippen LogP contribution in [0.25, 0.3) is 0 Å². The zero-order valence-corrected chi connectivity index (χ0v) is 9.76. The maximum Gasteiger partial charge on any atom is 0.111 e. The van der Waals surface area contributed by atoms with E-state index in [4.69, 9.17) is 0 Å². The van der Waals surface area contributed by atoms with Gasteiger partial charge < -0.3 is 10.0 Å². The molecule has 16 heavy (non-hydrogen) atoms. The van der Waals surface area contributed by atoms with Crippen LogP contribution in [0, 0.1) is 6.07 Å². The fraction of sp³-hybridized carbons (Fsp3) is 0.538. The van der Waals surface area contributed by atoms with Crippen molar-refractivity contribution >= 4 is 0 Å². The predicted molar refractivity (Wildman–Crippen MR) is 64.1 cm³/mol. The number of rotatable bonds is 3. The fourth-order valence-electron chi connectivity index (χ4n) is 2.02.